The van der Waals surface area contributed by atoms with Crippen LogP contribution in [0.2, 0.25) is 0 Å². The molecule has 0 heterocycles. The van der Waals surface area contributed by atoms with E-state index in [1.54, 1.807) is 0 Å². The van der Waals surface area contributed by atoms with Crippen molar-refractivity contribution in [2.24, 2.45) is 5.41 Å². The molecule has 130 valence electrons. The molecule has 0 aliphatic carbocycles. The minimum absolute atomic E-state index is 0.0942. The molecule has 1 aromatic rings. The Morgan fingerprint density at radius 1 is 1.13 bits per heavy atom. The van der Waals surface area contributed by atoms with Crippen LogP contribution in [-0.2, 0) is 14.8 Å². The molecule has 0 aliphatic heterocycles. The number of nitrogens with one attached hydrogen (secondary N) is 1. The van der Waals surface area contributed by atoms with Gasteiger partial charge in [-0.1, -0.05) is 38.5 Å². The second-order valence-electron chi connectivity index (χ2n) is 7.09. The van der Waals surface area contributed by atoms with Crippen molar-refractivity contribution in [2.45, 2.75) is 41.5 Å². The van der Waals surface area contributed by atoms with Crippen LogP contribution >= 0.6 is 0 Å². The highest BCUT2D eigenvalue weighted by Gasteiger charge is 2.24. The smallest absolute Gasteiger partial charge is 0.232 e. The van der Waals surface area contributed by atoms with Crippen molar-refractivity contribution in [3.05, 3.63) is 28.8 Å². The van der Waals surface area contributed by atoms with E-state index in [4.69, 9.17) is 0 Å². The highest BCUT2D eigenvalue weighted by molar-refractivity contribution is 7.92. The molecule has 0 saturated carbocycles. The number of sulfonamides is 1. The molecule has 1 N–H and O–H groups in total. The summed E-state index contributed by atoms with van der Waals surface area (Å²) >= 11 is 0. The maximum absolute atomic E-state index is 12.2. The Kier molecular flexibility index (Phi) is 5.85. The first-order chi connectivity index (χ1) is 10.3. The molecule has 6 heteroatoms. The van der Waals surface area contributed by atoms with Crippen LogP contribution in [0.25, 0.3) is 0 Å². The van der Waals surface area contributed by atoms with Crippen LogP contribution in [0.4, 0.5) is 5.69 Å². The molecule has 0 unspecified atom stereocenters. The Morgan fingerprint density at radius 2 is 1.61 bits per heavy atom. The van der Waals surface area contributed by atoms with Crippen LogP contribution in [0.1, 0.15) is 37.5 Å². The minimum Gasteiger partial charge on any atom is -0.354 e. The molecular weight excluding hydrogens is 312 g/mol. The molecule has 0 bridgehead atoms. The van der Waals surface area contributed by atoms with Crippen molar-refractivity contribution < 1.29 is 13.2 Å². The molecule has 0 saturated heterocycles. The zero-order chi connectivity index (χ0) is 18.0. The van der Waals surface area contributed by atoms with Gasteiger partial charge in [-0.2, -0.15) is 0 Å². The second kappa shape index (κ2) is 6.91. The van der Waals surface area contributed by atoms with Gasteiger partial charge in [0.05, 0.1) is 18.5 Å². The maximum atomic E-state index is 12.2. The number of amides is 1. The van der Waals surface area contributed by atoms with Gasteiger partial charge >= 0.3 is 0 Å². The van der Waals surface area contributed by atoms with Gasteiger partial charge in [0, 0.05) is 12.0 Å². The van der Waals surface area contributed by atoms with Crippen molar-refractivity contribution >= 4 is 21.6 Å². The predicted octanol–water partition coefficient (Wildman–Crippen LogP) is 2.54. The van der Waals surface area contributed by atoms with Gasteiger partial charge in [-0.15, -0.1) is 0 Å². The van der Waals surface area contributed by atoms with Gasteiger partial charge in [0.1, 0.15) is 0 Å². The number of anilines is 1. The molecule has 0 atom stereocenters. The maximum Gasteiger partial charge on any atom is 0.232 e. The molecule has 0 fully saturated rings. The van der Waals surface area contributed by atoms with Crippen LogP contribution in [-0.4, -0.2) is 33.7 Å². The summed E-state index contributed by atoms with van der Waals surface area (Å²) in [6.45, 7) is 11.8. The summed E-state index contributed by atoms with van der Waals surface area (Å²) in [6.07, 6.45) is 1.19. The van der Waals surface area contributed by atoms with Gasteiger partial charge in [-0.3, -0.25) is 9.10 Å². The number of carbonyl (C=O) groups is 1. The molecule has 23 heavy (non-hydrogen) atoms. The molecule has 0 radical (unpaired) electrons. The highest BCUT2D eigenvalue weighted by Crippen LogP contribution is 2.28. The second-order valence-corrected chi connectivity index (χ2v) is 9.00. The van der Waals surface area contributed by atoms with E-state index in [0.717, 1.165) is 16.7 Å². The normalized spacial score (nSPS) is 12.1. The molecule has 1 rings (SSSR count). The third-order valence-corrected chi connectivity index (χ3v) is 4.73. The Bertz CT molecular complexity index is 665. The van der Waals surface area contributed by atoms with Crippen LogP contribution in [0.5, 0.6) is 0 Å². The van der Waals surface area contributed by atoms with Gasteiger partial charge in [0.2, 0.25) is 15.9 Å². The number of rotatable bonds is 5. The lowest BCUT2D eigenvalue weighted by molar-refractivity contribution is -0.128. The van der Waals surface area contributed by atoms with Crippen molar-refractivity contribution in [3.8, 4) is 0 Å². The van der Waals surface area contributed by atoms with Crippen molar-refractivity contribution in [3.63, 3.8) is 0 Å². The number of carbonyl (C=O) groups excluding carboxylic acids is 1. The van der Waals surface area contributed by atoms with Crippen molar-refractivity contribution in [1.82, 2.24) is 5.32 Å². The van der Waals surface area contributed by atoms with Gasteiger partial charge < -0.3 is 5.32 Å². The number of nitrogens with zero attached hydrogens (tertiary/aromatic N) is 1. The number of hydrogen-bond acceptors (Lipinski definition) is 3. The molecule has 5 nitrogen and oxygen atoms in total. The van der Waals surface area contributed by atoms with Crippen LogP contribution in [0, 0.1) is 26.2 Å². The Hall–Kier alpha value is -1.56. The highest BCUT2D eigenvalue weighted by atomic mass is 32.2. The quantitative estimate of drug-likeness (QED) is 0.896. The summed E-state index contributed by atoms with van der Waals surface area (Å²) in [7, 11) is -3.43. The van der Waals surface area contributed by atoms with E-state index in [9.17, 15) is 13.2 Å². The largest absolute Gasteiger partial charge is 0.354 e. The Morgan fingerprint density at radius 3 is 2.00 bits per heavy atom. The molecule has 1 aromatic carbocycles. The van der Waals surface area contributed by atoms with Crippen molar-refractivity contribution in [2.75, 3.05) is 23.7 Å². The molecule has 0 aliphatic rings. The van der Waals surface area contributed by atoms with E-state index in [0.29, 0.717) is 5.69 Å². The number of benzene rings is 1. The summed E-state index contributed by atoms with van der Waals surface area (Å²) < 4.78 is 25.8. The first-order valence-electron chi connectivity index (χ1n) is 7.68. The number of aryl methyl sites for hydroxylation is 3. The van der Waals surface area contributed by atoms with E-state index in [2.05, 4.69) is 5.32 Å². The van der Waals surface area contributed by atoms with Gasteiger partial charge in [0.25, 0.3) is 0 Å². The fourth-order valence-electron chi connectivity index (χ4n) is 2.55. The Labute approximate surface area is 140 Å². The monoisotopic (exact) mass is 340 g/mol. The zero-order valence-electron chi connectivity index (χ0n) is 15.1. The summed E-state index contributed by atoms with van der Waals surface area (Å²) in [5.74, 6) is -0.0942. The van der Waals surface area contributed by atoms with Gasteiger partial charge in [0.15, 0.2) is 0 Å². The van der Waals surface area contributed by atoms with E-state index >= 15 is 0 Å². The van der Waals surface area contributed by atoms with Crippen LogP contribution < -0.4 is 9.62 Å². The summed E-state index contributed by atoms with van der Waals surface area (Å²) in [5.41, 5.74) is 3.12. The Balaban J connectivity index is 3.03. The van der Waals surface area contributed by atoms with E-state index in [-0.39, 0.29) is 19.0 Å². The lowest BCUT2D eigenvalue weighted by atomic mass is 9.96. The topological polar surface area (TPSA) is 66.5 Å². The van der Waals surface area contributed by atoms with Crippen LogP contribution in [0.15, 0.2) is 12.1 Å². The SMILES string of the molecule is Cc1cc(C)c(N(CCNC(=O)C(C)(C)C)S(C)(=O)=O)c(C)c1. The zero-order valence-corrected chi connectivity index (χ0v) is 16.0. The standard InChI is InChI=1S/C17H28N2O3S/c1-12-10-13(2)15(14(3)11-12)19(23(7,21)22)9-8-18-16(20)17(4,5)6/h10-11H,8-9H2,1-7H3,(H,18,20). The summed E-state index contributed by atoms with van der Waals surface area (Å²) in [4.78, 5) is 11.9. The summed E-state index contributed by atoms with van der Waals surface area (Å²) in [6, 6.07) is 3.93. The van der Waals surface area contributed by atoms with E-state index in [1.165, 1.54) is 10.6 Å². The average Bonchev–Trinajstić information content (AvgIpc) is 2.32. The first kappa shape index (κ1) is 19.5. The molecule has 0 aromatic heterocycles. The third kappa shape index (κ3) is 5.23. The van der Waals surface area contributed by atoms with E-state index < -0.39 is 15.4 Å². The lowest BCUT2D eigenvalue weighted by Gasteiger charge is -2.27. The predicted molar refractivity (Wildman–Crippen MR) is 95.3 cm³/mol. The van der Waals surface area contributed by atoms with E-state index in [1.807, 2.05) is 53.7 Å². The van der Waals surface area contributed by atoms with Crippen molar-refractivity contribution in [1.29, 1.82) is 0 Å². The van der Waals surface area contributed by atoms with Crippen LogP contribution in [0.3, 0.4) is 0 Å². The molecule has 0 spiro atoms. The lowest BCUT2D eigenvalue weighted by Crippen LogP contribution is -2.42. The average molecular weight is 340 g/mol. The number of hydrogen-bond donors (Lipinski definition) is 1. The minimum atomic E-state index is -3.43. The molecule has 1 amide bonds. The first-order valence-corrected chi connectivity index (χ1v) is 9.52. The fraction of sp³-hybridized carbons (Fsp3) is 0.588. The van der Waals surface area contributed by atoms with Gasteiger partial charge in [-0.05, 0) is 31.9 Å². The fourth-order valence-corrected chi connectivity index (χ4v) is 3.59. The summed E-state index contributed by atoms with van der Waals surface area (Å²) in [5, 5.41) is 2.80. The third-order valence-electron chi connectivity index (χ3n) is 3.57. The molecular formula is C17H28N2O3S. The van der Waals surface area contributed by atoms with Gasteiger partial charge in [-0.25, -0.2) is 8.42 Å².